The zero-order valence-corrected chi connectivity index (χ0v) is 10.4. The Labute approximate surface area is 102 Å². The SMILES string of the molecule is CC(C)CCOc1ccc(C2CC(O)O2)cc1. The van der Waals surface area contributed by atoms with Gasteiger partial charge >= 0.3 is 0 Å². The van der Waals surface area contributed by atoms with Crippen LogP contribution in [0.25, 0.3) is 0 Å². The van der Waals surface area contributed by atoms with Crippen LogP contribution in [0, 0.1) is 5.92 Å². The molecular formula is C14H20O3. The number of aliphatic hydroxyl groups is 1. The first-order valence-electron chi connectivity index (χ1n) is 6.21. The third-order valence-corrected chi connectivity index (χ3v) is 2.95. The van der Waals surface area contributed by atoms with Gasteiger partial charge in [-0.15, -0.1) is 0 Å². The highest BCUT2D eigenvalue weighted by Crippen LogP contribution is 2.34. The molecule has 1 aromatic rings. The maximum atomic E-state index is 9.06. The number of ether oxygens (including phenoxy) is 2. The van der Waals surface area contributed by atoms with E-state index >= 15 is 0 Å². The maximum Gasteiger partial charge on any atom is 0.158 e. The summed E-state index contributed by atoms with van der Waals surface area (Å²) < 4.78 is 10.8. The minimum atomic E-state index is -0.582. The van der Waals surface area contributed by atoms with E-state index in [0.717, 1.165) is 24.3 Å². The average Bonchev–Trinajstić information content (AvgIpc) is 2.26. The zero-order valence-electron chi connectivity index (χ0n) is 10.4. The molecule has 1 N–H and O–H groups in total. The number of hydrogen-bond acceptors (Lipinski definition) is 3. The average molecular weight is 236 g/mol. The normalized spacial score (nSPS) is 23.5. The summed E-state index contributed by atoms with van der Waals surface area (Å²) in [5.41, 5.74) is 1.10. The summed E-state index contributed by atoms with van der Waals surface area (Å²) in [5.74, 6) is 1.56. The minimum absolute atomic E-state index is 0.0507. The second kappa shape index (κ2) is 5.52. The van der Waals surface area contributed by atoms with Crippen molar-refractivity contribution >= 4 is 0 Å². The lowest BCUT2D eigenvalue weighted by Gasteiger charge is -2.32. The summed E-state index contributed by atoms with van der Waals surface area (Å²) in [7, 11) is 0. The predicted molar refractivity (Wildman–Crippen MR) is 65.8 cm³/mol. The van der Waals surface area contributed by atoms with Crippen molar-refractivity contribution in [3.05, 3.63) is 29.8 Å². The quantitative estimate of drug-likeness (QED) is 0.854. The summed E-state index contributed by atoms with van der Waals surface area (Å²) in [4.78, 5) is 0. The molecule has 3 heteroatoms. The van der Waals surface area contributed by atoms with E-state index in [-0.39, 0.29) is 6.10 Å². The molecule has 0 radical (unpaired) electrons. The van der Waals surface area contributed by atoms with Gasteiger partial charge in [0.05, 0.1) is 12.7 Å². The van der Waals surface area contributed by atoms with Crippen LogP contribution in [0.15, 0.2) is 24.3 Å². The molecule has 1 heterocycles. The maximum absolute atomic E-state index is 9.06. The Bertz CT molecular complexity index is 339. The van der Waals surface area contributed by atoms with Crippen LogP contribution in [0.3, 0.4) is 0 Å². The van der Waals surface area contributed by atoms with Gasteiger partial charge in [0, 0.05) is 6.42 Å². The molecule has 0 saturated carbocycles. The summed E-state index contributed by atoms with van der Waals surface area (Å²) >= 11 is 0. The summed E-state index contributed by atoms with van der Waals surface area (Å²) in [5, 5.41) is 9.06. The monoisotopic (exact) mass is 236 g/mol. The fourth-order valence-electron chi connectivity index (χ4n) is 1.77. The fraction of sp³-hybridized carbons (Fsp3) is 0.571. The third-order valence-electron chi connectivity index (χ3n) is 2.95. The highest BCUT2D eigenvalue weighted by molar-refractivity contribution is 5.29. The van der Waals surface area contributed by atoms with Gasteiger partial charge in [0.15, 0.2) is 6.29 Å². The molecule has 2 atom stereocenters. The molecule has 0 spiro atoms. The molecule has 0 aliphatic carbocycles. The Hall–Kier alpha value is -1.06. The lowest BCUT2D eigenvalue weighted by molar-refractivity contribution is -0.235. The number of hydrogen-bond donors (Lipinski definition) is 1. The molecule has 0 aromatic heterocycles. The topological polar surface area (TPSA) is 38.7 Å². The van der Waals surface area contributed by atoms with Gasteiger partial charge in [-0.3, -0.25) is 0 Å². The van der Waals surface area contributed by atoms with Gasteiger partial charge in [0.1, 0.15) is 5.75 Å². The van der Waals surface area contributed by atoms with E-state index in [2.05, 4.69) is 13.8 Å². The van der Waals surface area contributed by atoms with Crippen LogP contribution < -0.4 is 4.74 Å². The summed E-state index contributed by atoms with van der Waals surface area (Å²) in [6.45, 7) is 5.13. The zero-order chi connectivity index (χ0) is 12.3. The van der Waals surface area contributed by atoms with Gasteiger partial charge in [-0.25, -0.2) is 0 Å². The van der Waals surface area contributed by atoms with Gasteiger partial charge in [0.25, 0.3) is 0 Å². The van der Waals surface area contributed by atoms with Gasteiger partial charge in [-0.05, 0) is 30.0 Å². The number of aliphatic hydroxyl groups excluding tert-OH is 1. The molecule has 2 rings (SSSR count). The van der Waals surface area contributed by atoms with E-state index in [1.165, 1.54) is 0 Å². The second-order valence-corrected chi connectivity index (χ2v) is 4.92. The number of benzene rings is 1. The van der Waals surface area contributed by atoms with E-state index in [4.69, 9.17) is 14.6 Å². The Morgan fingerprint density at radius 1 is 1.35 bits per heavy atom. The molecule has 2 unspecified atom stereocenters. The van der Waals surface area contributed by atoms with Gasteiger partial charge in [-0.2, -0.15) is 0 Å². The molecule has 1 aromatic carbocycles. The van der Waals surface area contributed by atoms with Crippen LogP contribution in [0.2, 0.25) is 0 Å². The first-order valence-corrected chi connectivity index (χ1v) is 6.21. The van der Waals surface area contributed by atoms with Crippen molar-refractivity contribution in [1.29, 1.82) is 0 Å². The first kappa shape index (κ1) is 12.4. The predicted octanol–water partition coefficient (Wildman–Crippen LogP) is 2.89. The van der Waals surface area contributed by atoms with Crippen LogP contribution in [0.1, 0.15) is 38.4 Å². The Kier molecular flexibility index (Phi) is 4.02. The molecule has 17 heavy (non-hydrogen) atoms. The van der Waals surface area contributed by atoms with Crippen LogP contribution in [-0.2, 0) is 4.74 Å². The lowest BCUT2D eigenvalue weighted by atomic mass is 10.0. The van der Waals surface area contributed by atoms with E-state index in [1.807, 2.05) is 24.3 Å². The largest absolute Gasteiger partial charge is 0.494 e. The van der Waals surface area contributed by atoms with Crippen molar-refractivity contribution in [1.82, 2.24) is 0 Å². The van der Waals surface area contributed by atoms with Crippen molar-refractivity contribution in [3.63, 3.8) is 0 Å². The van der Waals surface area contributed by atoms with Crippen molar-refractivity contribution in [2.24, 2.45) is 5.92 Å². The van der Waals surface area contributed by atoms with Crippen LogP contribution in [0.4, 0.5) is 0 Å². The highest BCUT2D eigenvalue weighted by Gasteiger charge is 2.29. The van der Waals surface area contributed by atoms with E-state index < -0.39 is 6.29 Å². The molecule has 0 amide bonds. The molecule has 3 nitrogen and oxygen atoms in total. The highest BCUT2D eigenvalue weighted by atomic mass is 16.6. The minimum Gasteiger partial charge on any atom is -0.494 e. The van der Waals surface area contributed by atoms with Gasteiger partial charge in [-0.1, -0.05) is 26.0 Å². The van der Waals surface area contributed by atoms with E-state index in [9.17, 15) is 0 Å². The van der Waals surface area contributed by atoms with Crippen molar-refractivity contribution < 1.29 is 14.6 Å². The van der Waals surface area contributed by atoms with Crippen LogP contribution >= 0.6 is 0 Å². The summed E-state index contributed by atoms with van der Waals surface area (Å²) in [6, 6.07) is 7.93. The second-order valence-electron chi connectivity index (χ2n) is 4.92. The smallest absolute Gasteiger partial charge is 0.158 e. The standard InChI is InChI=1S/C14H20O3/c1-10(2)7-8-16-12-5-3-11(4-6-12)13-9-14(15)17-13/h3-6,10,13-15H,7-9H2,1-2H3. The van der Waals surface area contributed by atoms with Gasteiger partial charge < -0.3 is 14.6 Å². The molecule has 1 saturated heterocycles. The molecule has 1 fully saturated rings. The van der Waals surface area contributed by atoms with Crippen LogP contribution in [0.5, 0.6) is 5.75 Å². The van der Waals surface area contributed by atoms with Gasteiger partial charge in [0.2, 0.25) is 0 Å². The first-order chi connectivity index (χ1) is 8.15. The Morgan fingerprint density at radius 3 is 2.53 bits per heavy atom. The number of rotatable bonds is 5. The lowest BCUT2D eigenvalue weighted by Crippen LogP contribution is -2.30. The van der Waals surface area contributed by atoms with E-state index in [0.29, 0.717) is 12.3 Å². The third kappa shape index (κ3) is 3.45. The van der Waals surface area contributed by atoms with E-state index in [1.54, 1.807) is 0 Å². The fourth-order valence-corrected chi connectivity index (χ4v) is 1.77. The molecule has 0 bridgehead atoms. The van der Waals surface area contributed by atoms with Crippen molar-refractivity contribution in [2.45, 2.75) is 39.1 Å². The van der Waals surface area contributed by atoms with Crippen molar-refractivity contribution in [2.75, 3.05) is 6.61 Å². The molecule has 94 valence electrons. The van der Waals surface area contributed by atoms with Crippen molar-refractivity contribution in [3.8, 4) is 5.75 Å². The molecule has 1 aliphatic heterocycles. The van der Waals surface area contributed by atoms with Crippen LogP contribution in [-0.4, -0.2) is 18.0 Å². The molecular weight excluding hydrogens is 216 g/mol. The Morgan fingerprint density at radius 2 is 2.00 bits per heavy atom. The Balaban J connectivity index is 1.81. The summed E-state index contributed by atoms with van der Waals surface area (Å²) in [6.07, 6.45) is 1.23. The molecule has 1 aliphatic rings.